The maximum absolute atomic E-state index is 12.4. The summed E-state index contributed by atoms with van der Waals surface area (Å²) in [4.78, 5) is 39.2. The Balaban J connectivity index is 2.23. The first-order valence-corrected chi connectivity index (χ1v) is 7.26. The van der Waals surface area contributed by atoms with Crippen LogP contribution in [0.4, 0.5) is 10.6 Å². The van der Waals surface area contributed by atoms with E-state index in [1.807, 2.05) is 6.92 Å². The summed E-state index contributed by atoms with van der Waals surface area (Å²) in [5, 5.41) is 3.32. The zero-order valence-electron chi connectivity index (χ0n) is 13.0. The fourth-order valence-electron chi connectivity index (χ4n) is 2.72. The molecule has 2 aromatic rings. The van der Waals surface area contributed by atoms with E-state index in [2.05, 4.69) is 25.0 Å². The number of ether oxygens (including phenoxy) is 1. The standard InChI is InChI=1S/C14H13N7O3/c1-3-24-14(23)21-6-17-11-8(21)4-7(2)10-12(11)16-5-9(19-20-15)18-13(10)22/h5-7H,3-4H2,1-2H3. The average molecular weight is 327 g/mol. The number of fused-ring (bicyclic) bond motifs is 3. The van der Waals surface area contributed by atoms with E-state index >= 15 is 0 Å². The van der Waals surface area contributed by atoms with Crippen LogP contribution >= 0.6 is 0 Å². The summed E-state index contributed by atoms with van der Waals surface area (Å²) in [6.07, 6.45) is 2.45. The first kappa shape index (κ1) is 15.6. The molecule has 0 aromatic carbocycles. The molecule has 0 saturated carbocycles. The zero-order valence-corrected chi connectivity index (χ0v) is 13.0. The summed E-state index contributed by atoms with van der Waals surface area (Å²) >= 11 is 0. The zero-order chi connectivity index (χ0) is 17.3. The van der Waals surface area contributed by atoms with E-state index < -0.39 is 11.7 Å². The lowest BCUT2D eigenvalue weighted by Crippen LogP contribution is -2.23. The summed E-state index contributed by atoms with van der Waals surface area (Å²) in [5.74, 6) is -0.341. The fourth-order valence-corrected chi connectivity index (χ4v) is 2.72. The molecule has 1 atom stereocenters. The van der Waals surface area contributed by atoms with Crippen LogP contribution in [-0.4, -0.2) is 32.2 Å². The number of carbonyl (C=O) groups is 1. The third-order valence-corrected chi connectivity index (χ3v) is 3.71. The molecule has 1 aliphatic rings. The second kappa shape index (κ2) is 6.09. The second-order valence-electron chi connectivity index (χ2n) is 5.20. The maximum atomic E-state index is 12.4. The minimum atomic E-state index is -0.530. The van der Waals surface area contributed by atoms with Crippen molar-refractivity contribution >= 4 is 11.9 Å². The van der Waals surface area contributed by atoms with E-state index in [0.717, 1.165) is 0 Å². The topological polar surface area (TPSA) is 136 Å². The van der Waals surface area contributed by atoms with Gasteiger partial charge >= 0.3 is 6.09 Å². The van der Waals surface area contributed by atoms with Crippen molar-refractivity contribution in [3.63, 3.8) is 0 Å². The van der Waals surface area contributed by atoms with Crippen LogP contribution in [-0.2, 0) is 11.2 Å². The highest BCUT2D eigenvalue weighted by molar-refractivity contribution is 5.76. The molecule has 1 aliphatic carbocycles. The predicted octanol–water partition coefficient (Wildman–Crippen LogP) is 2.31. The quantitative estimate of drug-likeness (QED) is 0.471. The largest absolute Gasteiger partial charge is 0.449 e. The molecule has 0 amide bonds. The lowest BCUT2D eigenvalue weighted by atomic mass is 9.88. The van der Waals surface area contributed by atoms with Gasteiger partial charge in [0.15, 0.2) is 0 Å². The summed E-state index contributed by atoms with van der Waals surface area (Å²) in [5.41, 5.74) is 9.76. The Hall–Kier alpha value is -3.26. The lowest BCUT2D eigenvalue weighted by Gasteiger charge is -2.19. The van der Waals surface area contributed by atoms with E-state index in [4.69, 9.17) is 10.3 Å². The Morgan fingerprint density at radius 3 is 3.00 bits per heavy atom. The highest BCUT2D eigenvalue weighted by Crippen LogP contribution is 2.35. The molecule has 0 aliphatic heterocycles. The maximum Gasteiger partial charge on any atom is 0.419 e. The van der Waals surface area contributed by atoms with Crippen molar-refractivity contribution < 1.29 is 9.53 Å². The first-order chi connectivity index (χ1) is 11.6. The summed E-state index contributed by atoms with van der Waals surface area (Å²) in [7, 11) is 0. The number of rotatable bonds is 2. The van der Waals surface area contributed by atoms with Gasteiger partial charge in [0.25, 0.3) is 5.56 Å². The number of imidazole rings is 1. The minimum Gasteiger partial charge on any atom is -0.449 e. The molecule has 0 spiro atoms. The van der Waals surface area contributed by atoms with Gasteiger partial charge in [0, 0.05) is 4.91 Å². The number of hydrogen-bond donors (Lipinski definition) is 0. The third-order valence-electron chi connectivity index (χ3n) is 3.71. The van der Waals surface area contributed by atoms with Gasteiger partial charge in [0.1, 0.15) is 17.8 Å². The number of hydrogen-bond acceptors (Lipinski definition) is 7. The third kappa shape index (κ3) is 2.48. The Bertz CT molecular complexity index is 930. The van der Waals surface area contributed by atoms with Crippen LogP contribution in [0.5, 0.6) is 0 Å². The Morgan fingerprint density at radius 1 is 1.50 bits per heavy atom. The van der Waals surface area contributed by atoms with Gasteiger partial charge in [-0.3, -0.25) is 9.78 Å². The van der Waals surface area contributed by atoms with Gasteiger partial charge in [0.05, 0.1) is 29.8 Å². The van der Waals surface area contributed by atoms with Crippen molar-refractivity contribution in [3.05, 3.63) is 44.6 Å². The SMILES string of the molecule is CCOC(=O)n1cnc2c1CC(C)c1c-2ncc(N=[N+]=[N-])nc1=O. The van der Waals surface area contributed by atoms with Gasteiger partial charge in [-0.05, 0) is 29.9 Å². The number of carbonyl (C=O) groups excluding carboxylic acids is 1. The molecule has 0 fully saturated rings. The monoisotopic (exact) mass is 327 g/mol. The molecule has 0 N–H and O–H groups in total. The van der Waals surface area contributed by atoms with Gasteiger partial charge in [0.2, 0.25) is 0 Å². The lowest BCUT2D eigenvalue weighted by molar-refractivity contribution is 0.153. The van der Waals surface area contributed by atoms with E-state index in [9.17, 15) is 9.59 Å². The predicted molar refractivity (Wildman–Crippen MR) is 82.9 cm³/mol. The average Bonchev–Trinajstić information content (AvgIpc) is 2.88. The fraction of sp³-hybridized carbons (Fsp3) is 0.357. The molecule has 2 heterocycles. The molecular formula is C14H13N7O3. The molecule has 0 radical (unpaired) electrons. The summed E-state index contributed by atoms with van der Waals surface area (Å²) in [6.45, 7) is 3.80. The van der Waals surface area contributed by atoms with E-state index in [-0.39, 0.29) is 18.3 Å². The molecule has 10 heteroatoms. The summed E-state index contributed by atoms with van der Waals surface area (Å²) in [6, 6.07) is 0. The molecule has 0 bridgehead atoms. The molecule has 1 unspecified atom stereocenters. The van der Waals surface area contributed by atoms with Crippen LogP contribution in [0.2, 0.25) is 0 Å². The van der Waals surface area contributed by atoms with Gasteiger partial charge in [-0.2, -0.15) is 0 Å². The van der Waals surface area contributed by atoms with Crippen LogP contribution in [0.15, 0.2) is 22.4 Å². The Morgan fingerprint density at radius 2 is 2.29 bits per heavy atom. The van der Waals surface area contributed by atoms with Crippen molar-refractivity contribution in [1.82, 2.24) is 19.5 Å². The van der Waals surface area contributed by atoms with E-state index in [1.165, 1.54) is 17.1 Å². The van der Waals surface area contributed by atoms with Gasteiger partial charge in [-0.15, -0.1) is 0 Å². The Kier molecular flexibility index (Phi) is 3.97. The second-order valence-corrected chi connectivity index (χ2v) is 5.20. The van der Waals surface area contributed by atoms with Crippen LogP contribution in [0.1, 0.15) is 31.0 Å². The first-order valence-electron chi connectivity index (χ1n) is 7.26. The number of azide groups is 1. The van der Waals surface area contributed by atoms with Crippen molar-refractivity contribution in [2.45, 2.75) is 26.2 Å². The van der Waals surface area contributed by atoms with Crippen molar-refractivity contribution in [2.24, 2.45) is 5.11 Å². The highest BCUT2D eigenvalue weighted by Gasteiger charge is 2.31. The molecule has 24 heavy (non-hydrogen) atoms. The van der Waals surface area contributed by atoms with Crippen LogP contribution in [0.25, 0.3) is 21.8 Å². The molecular weight excluding hydrogens is 314 g/mol. The summed E-state index contributed by atoms with van der Waals surface area (Å²) < 4.78 is 6.32. The van der Waals surface area contributed by atoms with Crippen LogP contribution in [0, 0.1) is 0 Å². The normalized spacial score (nSPS) is 15.0. The van der Waals surface area contributed by atoms with Crippen LogP contribution in [0.3, 0.4) is 0 Å². The van der Waals surface area contributed by atoms with E-state index in [1.54, 1.807) is 6.92 Å². The molecule has 3 rings (SSSR count). The molecule has 10 nitrogen and oxygen atoms in total. The molecule has 2 aromatic heterocycles. The van der Waals surface area contributed by atoms with Crippen molar-refractivity contribution in [1.29, 1.82) is 0 Å². The van der Waals surface area contributed by atoms with Crippen LogP contribution < -0.4 is 5.56 Å². The van der Waals surface area contributed by atoms with Gasteiger partial charge < -0.3 is 4.74 Å². The molecule has 0 saturated heterocycles. The highest BCUT2D eigenvalue weighted by atomic mass is 16.5. The number of aromatic nitrogens is 4. The Labute approximate surface area is 135 Å². The minimum absolute atomic E-state index is 0.115. The van der Waals surface area contributed by atoms with Crippen molar-refractivity contribution in [3.8, 4) is 11.4 Å². The molecule has 122 valence electrons. The van der Waals surface area contributed by atoms with Crippen molar-refractivity contribution in [2.75, 3.05) is 6.61 Å². The number of nitrogens with zero attached hydrogens (tertiary/aromatic N) is 7. The van der Waals surface area contributed by atoms with E-state index in [0.29, 0.717) is 29.1 Å². The van der Waals surface area contributed by atoms with Gasteiger partial charge in [-0.1, -0.05) is 6.92 Å². The smallest absolute Gasteiger partial charge is 0.419 e. The van der Waals surface area contributed by atoms with Gasteiger partial charge in [-0.25, -0.2) is 19.3 Å².